The average molecular weight is 472 g/mol. The van der Waals surface area contributed by atoms with Crippen LogP contribution < -0.4 is 18.9 Å². The van der Waals surface area contributed by atoms with E-state index in [1.165, 1.54) is 0 Å². The van der Waals surface area contributed by atoms with Gasteiger partial charge in [-0.15, -0.1) is 0 Å². The first-order valence-electron chi connectivity index (χ1n) is 11.6. The van der Waals surface area contributed by atoms with E-state index < -0.39 is 0 Å². The maximum absolute atomic E-state index is 13.3. The zero-order chi connectivity index (χ0) is 23.9. The van der Waals surface area contributed by atoms with Gasteiger partial charge < -0.3 is 28.7 Å². The molecule has 0 radical (unpaired) electrons. The quantitative estimate of drug-likeness (QED) is 0.550. The summed E-state index contributed by atoms with van der Waals surface area (Å²) in [5.41, 5.74) is 2.23. The lowest BCUT2D eigenvalue weighted by atomic mass is 10.1. The number of amidine groups is 1. The maximum Gasteiger partial charge on any atom is 0.254 e. The third kappa shape index (κ3) is 3.80. The molecular weight excluding hydrogens is 446 g/mol. The molecule has 1 saturated heterocycles. The Labute approximate surface area is 203 Å². The van der Waals surface area contributed by atoms with Crippen LogP contribution in [0.3, 0.4) is 0 Å². The molecule has 0 aliphatic carbocycles. The van der Waals surface area contributed by atoms with Gasteiger partial charge in [-0.05, 0) is 55.5 Å². The fourth-order valence-corrected chi connectivity index (χ4v) is 4.72. The lowest BCUT2D eigenvalue weighted by Gasteiger charge is -2.41. The van der Waals surface area contributed by atoms with E-state index in [9.17, 15) is 4.79 Å². The van der Waals surface area contributed by atoms with Crippen molar-refractivity contribution in [2.24, 2.45) is 4.99 Å². The Bertz CT molecular complexity index is 1340. The molecule has 0 spiro atoms. The summed E-state index contributed by atoms with van der Waals surface area (Å²) < 4.78 is 22.5. The van der Waals surface area contributed by atoms with Gasteiger partial charge in [0.05, 0.1) is 12.7 Å². The summed E-state index contributed by atoms with van der Waals surface area (Å²) in [6, 6.07) is 18.8. The molecule has 3 aromatic rings. The molecule has 178 valence electrons. The van der Waals surface area contributed by atoms with E-state index in [4.69, 9.17) is 23.9 Å². The molecule has 1 fully saturated rings. The summed E-state index contributed by atoms with van der Waals surface area (Å²) in [6.07, 6.45) is 0. The highest BCUT2D eigenvalue weighted by Gasteiger charge is 2.32. The van der Waals surface area contributed by atoms with Gasteiger partial charge in [0.25, 0.3) is 5.91 Å². The van der Waals surface area contributed by atoms with Crippen molar-refractivity contribution in [3.8, 4) is 28.7 Å². The van der Waals surface area contributed by atoms with Crippen molar-refractivity contribution in [3.05, 3.63) is 71.8 Å². The predicted molar refractivity (Wildman–Crippen MR) is 130 cm³/mol. The van der Waals surface area contributed by atoms with Crippen LogP contribution in [0.1, 0.15) is 22.8 Å². The molecular formula is C27H25N3O5. The standard InChI is InChI=1S/C27H25N3O5/c1-17-15-29(11-12-30(17)27(31)18-7-9-24-25(13-18)34-16-33-24)26-20-14-19(32-2)8-10-22(20)35-23-6-4-3-5-21(23)28-26/h3-10,13-14,17H,11-12,15-16H2,1-2H3. The largest absolute Gasteiger partial charge is 0.497 e. The van der Waals surface area contributed by atoms with E-state index in [-0.39, 0.29) is 18.7 Å². The van der Waals surface area contributed by atoms with Crippen LogP contribution in [0.15, 0.2) is 65.7 Å². The minimum absolute atomic E-state index is 0.0194. The second-order valence-corrected chi connectivity index (χ2v) is 8.73. The number of nitrogens with zero attached hydrogens (tertiary/aromatic N) is 3. The van der Waals surface area contributed by atoms with E-state index >= 15 is 0 Å². The number of hydrogen-bond acceptors (Lipinski definition) is 7. The van der Waals surface area contributed by atoms with Crippen LogP contribution in [-0.2, 0) is 0 Å². The number of methoxy groups -OCH3 is 1. The normalized spacial score (nSPS) is 18.1. The molecule has 8 heteroatoms. The Morgan fingerprint density at radius 3 is 2.66 bits per heavy atom. The van der Waals surface area contributed by atoms with Crippen LogP contribution in [0.2, 0.25) is 0 Å². The van der Waals surface area contributed by atoms with Crippen molar-refractivity contribution in [2.75, 3.05) is 33.5 Å². The smallest absolute Gasteiger partial charge is 0.254 e. The predicted octanol–water partition coefficient (Wildman–Crippen LogP) is 4.45. The van der Waals surface area contributed by atoms with Crippen LogP contribution in [0, 0.1) is 0 Å². The minimum atomic E-state index is -0.0298. The molecule has 3 aliphatic rings. The molecule has 35 heavy (non-hydrogen) atoms. The molecule has 1 atom stereocenters. The summed E-state index contributed by atoms with van der Waals surface area (Å²) in [5, 5.41) is 0. The van der Waals surface area contributed by atoms with Crippen molar-refractivity contribution < 1.29 is 23.7 Å². The highest BCUT2D eigenvalue weighted by molar-refractivity contribution is 6.04. The number of benzene rings is 3. The highest BCUT2D eigenvalue weighted by Crippen LogP contribution is 2.39. The zero-order valence-corrected chi connectivity index (χ0v) is 19.6. The number of carbonyl (C=O) groups is 1. The van der Waals surface area contributed by atoms with Crippen molar-refractivity contribution >= 4 is 17.4 Å². The second kappa shape index (κ2) is 8.54. The summed E-state index contributed by atoms with van der Waals surface area (Å²) >= 11 is 0. The van der Waals surface area contributed by atoms with Gasteiger partial charge in [-0.3, -0.25) is 4.79 Å². The number of aliphatic imine (C=N–C) groups is 1. The molecule has 0 saturated carbocycles. The van der Waals surface area contributed by atoms with Gasteiger partial charge in [0.1, 0.15) is 23.0 Å². The van der Waals surface area contributed by atoms with Gasteiger partial charge in [0.15, 0.2) is 17.2 Å². The first kappa shape index (κ1) is 21.3. The second-order valence-electron chi connectivity index (χ2n) is 8.73. The number of para-hydroxylation sites is 2. The number of hydrogen-bond donors (Lipinski definition) is 0. The fourth-order valence-electron chi connectivity index (χ4n) is 4.72. The summed E-state index contributed by atoms with van der Waals surface area (Å²) in [7, 11) is 1.65. The van der Waals surface area contributed by atoms with Gasteiger partial charge in [-0.25, -0.2) is 4.99 Å². The number of piperazine rings is 1. The first-order valence-corrected chi connectivity index (χ1v) is 11.6. The molecule has 3 heterocycles. The highest BCUT2D eigenvalue weighted by atomic mass is 16.7. The summed E-state index contributed by atoms with van der Waals surface area (Å²) in [5.74, 6) is 4.23. The molecule has 0 aromatic heterocycles. The first-order chi connectivity index (χ1) is 17.1. The Morgan fingerprint density at radius 2 is 1.80 bits per heavy atom. The molecule has 3 aromatic carbocycles. The summed E-state index contributed by atoms with van der Waals surface area (Å²) in [6.45, 7) is 4.08. The Kier molecular flexibility index (Phi) is 5.21. The molecule has 6 rings (SSSR count). The van der Waals surface area contributed by atoms with Crippen LogP contribution >= 0.6 is 0 Å². The van der Waals surface area contributed by atoms with E-state index in [0.29, 0.717) is 42.4 Å². The van der Waals surface area contributed by atoms with Gasteiger partial charge >= 0.3 is 0 Å². The Hall–Kier alpha value is -4.20. The third-order valence-electron chi connectivity index (χ3n) is 6.55. The number of ether oxygens (including phenoxy) is 4. The van der Waals surface area contributed by atoms with Gasteiger partial charge in [0.2, 0.25) is 6.79 Å². The van der Waals surface area contributed by atoms with Crippen LogP contribution in [0.4, 0.5) is 5.69 Å². The maximum atomic E-state index is 13.3. The molecule has 0 bridgehead atoms. The van der Waals surface area contributed by atoms with Crippen molar-refractivity contribution in [1.29, 1.82) is 0 Å². The number of rotatable bonds is 2. The van der Waals surface area contributed by atoms with E-state index in [1.54, 1.807) is 25.3 Å². The SMILES string of the molecule is COc1ccc2c(c1)C(N1CCN(C(=O)c3ccc4c(c3)OCO4)C(C)C1)=Nc1ccccc1O2. The molecule has 8 nitrogen and oxygen atoms in total. The van der Waals surface area contributed by atoms with Gasteiger partial charge in [-0.1, -0.05) is 12.1 Å². The third-order valence-corrected chi connectivity index (χ3v) is 6.55. The molecule has 1 unspecified atom stereocenters. The average Bonchev–Trinajstić information content (AvgIpc) is 3.29. The van der Waals surface area contributed by atoms with E-state index in [1.807, 2.05) is 47.4 Å². The van der Waals surface area contributed by atoms with Crippen molar-refractivity contribution in [2.45, 2.75) is 13.0 Å². The Morgan fingerprint density at radius 1 is 0.971 bits per heavy atom. The van der Waals surface area contributed by atoms with E-state index in [0.717, 1.165) is 28.6 Å². The van der Waals surface area contributed by atoms with Gasteiger partial charge in [0, 0.05) is 31.2 Å². The molecule has 0 N–H and O–H groups in total. The van der Waals surface area contributed by atoms with Crippen molar-refractivity contribution in [1.82, 2.24) is 9.80 Å². The van der Waals surface area contributed by atoms with Crippen LogP contribution in [0.25, 0.3) is 0 Å². The van der Waals surface area contributed by atoms with E-state index in [2.05, 4.69) is 11.8 Å². The summed E-state index contributed by atoms with van der Waals surface area (Å²) in [4.78, 5) is 22.5. The zero-order valence-electron chi connectivity index (χ0n) is 19.6. The lowest BCUT2D eigenvalue weighted by Crippen LogP contribution is -2.55. The molecule has 3 aliphatic heterocycles. The van der Waals surface area contributed by atoms with Crippen LogP contribution in [0.5, 0.6) is 28.7 Å². The topological polar surface area (TPSA) is 72.8 Å². The Balaban J connectivity index is 1.29. The molecule has 1 amide bonds. The number of amides is 1. The van der Waals surface area contributed by atoms with Gasteiger partial charge in [-0.2, -0.15) is 0 Å². The van der Waals surface area contributed by atoms with Crippen molar-refractivity contribution in [3.63, 3.8) is 0 Å². The monoisotopic (exact) mass is 471 g/mol. The number of carbonyl (C=O) groups excluding carboxylic acids is 1. The fraction of sp³-hybridized carbons (Fsp3) is 0.259. The van der Waals surface area contributed by atoms with Crippen LogP contribution in [-0.4, -0.2) is 61.1 Å². The lowest BCUT2D eigenvalue weighted by molar-refractivity contribution is 0.0581. The minimum Gasteiger partial charge on any atom is -0.497 e. The number of fused-ring (bicyclic) bond motifs is 3.